The second-order valence-electron chi connectivity index (χ2n) is 6.86. The molecule has 28 heavy (non-hydrogen) atoms. The van der Waals surface area contributed by atoms with Crippen LogP contribution >= 0.6 is 34.8 Å². The molecule has 0 atom stereocenters. The summed E-state index contributed by atoms with van der Waals surface area (Å²) < 4.78 is 0. The third-order valence-electron chi connectivity index (χ3n) is 4.20. The topological polar surface area (TPSA) is 88.0 Å². The molecule has 0 aliphatic heterocycles. The number of aromatic amines is 1. The van der Waals surface area contributed by atoms with Crippen molar-refractivity contribution in [2.75, 3.05) is 11.1 Å². The van der Waals surface area contributed by atoms with E-state index in [9.17, 15) is 9.59 Å². The maximum Gasteiger partial charge on any atom is 0.204 e. The van der Waals surface area contributed by atoms with Gasteiger partial charge < -0.3 is 16.0 Å². The third-order valence-corrected chi connectivity index (χ3v) is 5.07. The molecule has 4 N–H and O–H groups in total. The van der Waals surface area contributed by atoms with E-state index in [1.54, 1.807) is 30.3 Å². The molecule has 146 valence electrons. The molecule has 0 saturated heterocycles. The molecule has 0 spiro atoms. The minimum atomic E-state index is -0.480. The fourth-order valence-corrected chi connectivity index (χ4v) is 3.60. The van der Waals surface area contributed by atoms with Crippen LogP contribution in [-0.4, -0.2) is 10.8 Å². The number of anilines is 3. The second kappa shape index (κ2) is 8.03. The van der Waals surface area contributed by atoms with Crippen molar-refractivity contribution in [2.45, 2.75) is 20.3 Å². The van der Waals surface area contributed by atoms with Crippen LogP contribution in [0.5, 0.6) is 0 Å². The number of nitrogens with one attached hydrogen (secondary N) is 2. The van der Waals surface area contributed by atoms with E-state index in [0.29, 0.717) is 26.3 Å². The van der Waals surface area contributed by atoms with E-state index in [1.807, 2.05) is 13.8 Å². The summed E-state index contributed by atoms with van der Waals surface area (Å²) in [6, 6.07) is 8.00. The van der Waals surface area contributed by atoms with Gasteiger partial charge in [-0.3, -0.25) is 9.59 Å². The normalized spacial score (nSPS) is 11.2. The number of rotatable bonds is 5. The van der Waals surface area contributed by atoms with Crippen LogP contribution in [0, 0.1) is 5.92 Å². The van der Waals surface area contributed by atoms with E-state index in [4.69, 9.17) is 40.5 Å². The molecule has 0 aliphatic rings. The summed E-state index contributed by atoms with van der Waals surface area (Å²) in [5, 5.41) is 4.35. The summed E-state index contributed by atoms with van der Waals surface area (Å²) in [6.07, 6.45) is 0.206. The Bertz CT molecular complexity index is 1140. The summed E-state index contributed by atoms with van der Waals surface area (Å²) in [5.41, 5.74) is 6.58. The Morgan fingerprint density at radius 2 is 1.86 bits per heavy atom. The maximum atomic E-state index is 13.2. The number of aromatic nitrogens is 1. The van der Waals surface area contributed by atoms with E-state index < -0.39 is 5.43 Å². The lowest BCUT2D eigenvalue weighted by atomic mass is 9.99. The van der Waals surface area contributed by atoms with Crippen LogP contribution in [0.25, 0.3) is 10.9 Å². The number of carbonyl (C=O) groups excluding carboxylic acids is 1. The molecule has 3 aromatic rings. The predicted molar refractivity (Wildman–Crippen MR) is 118 cm³/mol. The largest absolute Gasteiger partial charge is 0.398 e. The van der Waals surface area contributed by atoms with Gasteiger partial charge >= 0.3 is 0 Å². The number of nitrogen functional groups attached to an aromatic ring is 1. The number of halogens is 3. The molecule has 0 aliphatic carbocycles. The van der Waals surface area contributed by atoms with E-state index in [1.165, 1.54) is 0 Å². The van der Waals surface area contributed by atoms with Gasteiger partial charge in [0, 0.05) is 17.1 Å². The highest BCUT2D eigenvalue weighted by atomic mass is 35.5. The fourth-order valence-electron chi connectivity index (χ4n) is 2.94. The van der Waals surface area contributed by atoms with Crippen molar-refractivity contribution in [2.24, 2.45) is 5.92 Å². The van der Waals surface area contributed by atoms with Gasteiger partial charge in [0.1, 0.15) is 11.4 Å². The van der Waals surface area contributed by atoms with Crippen LogP contribution in [0.15, 0.2) is 35.1 Å². The monoisotopic (exact) mass is 437 g/mol. The van der Waals surface area contributed by atoms with E-state index >= 15 is 0 Å². The number of hydrogen-bond donors (Lipinski definition) is 3. The Hall–Kier alpha value is -2.21. The number of carbonyl (C=O) groups is 1. The number of pyridine rings is 1. The highest BCUT2D eigenvalue weighted by molar-refractivity contribution is 6.37. The van der Waals surface area contributed by atoms with Crippen molar-refractivity contribution in [3.63, 3.8) is 0 Å². The predicted octanol–water partition coefficient (Wildman–Crippen LogP) is 6.04. The third kappa shape index (κ3) is 3.97. The van der Waals surface area contributed by atoms with Gasteiger partial charge in [-0.15, -0.1) is 0 Å². The van der Waals surface area contributed by atoms with Gasteiger partial charge in [0.05, 0.1) is 26.6 Å². The van der Waals surface area contributed by atoms with E-state index in [0.717, 1.165) is 0 Å². The highest BCUT2D eigenvalue weighted by Crippen LogP contribution is 2.32. The van der Waals surface area contributed by atoms with Crippen LogP contribution in [0.2, 0.25) is 15.1 Å². The molecule has 2 aromatic carbocycles. The average Bonchev–Trinajstić information content (AvgIpc) is 2.59. The Labute approximate surface area is 176 Å². The number of benzene rings is 2. The minimum absolute atomic E-state index is 0.0128. The number of H-pyrrole nitrogens is 1. The lowest BCUT2D eigenvalue weighted by Crippen LogP contribution is -2.21. The molecular formula is C20H18Cl3N3O2. The quantitative estimate of drug-likeness (QED) is 0.334. The van der Waals surface area contributed by atoms with Crippen molar-refractivity contribution >= 4 is 68.7 Å². The van der Waals surface area contributed by atoms with Crippen LogP contribution in [0.3, 0.4) is 0 Å². The molecule has 8 heteroatoms. The van der Waals surface area contributed by atoms with Crippen LogP contribution in [-0.2, 0) is 0 Å². The van der Waals surface area contributed by atoms with Gasteiger partial charge in [-0.25, -0.2) is 0 Å². The zero-order chi connectivity index (χ0) is 20.6. The Kier molecular flexibility index (Phi) is 5.89. The molecule has 0 radical (unpaired) electrons. The van der Waals surface area contributed by atoms with E-state index in [-0.39, 0.29) is 40.6 Å². The van der Waals surface area contributed by atoms with Crippen molar-refractivity contribution in [1.82, 2.24) is 4.98 Å². The average molecular weight is 439 g/mol. The Morgan fingerprint density at radius 1 is 1.14 bits per heavy atom. The minimum Gasteiger partial charge on any atom is -0.398 e. The first kappa shape index (κ1) is 20.5. The molecule has 1 aromatic heterocycles. The van der Waals surface area contributed by atoms with Gasteiger partial charge in [0.2, 0.25) is 5.43 Å². The van der Waals surface area contributed by atoms with E-state index in [2.05, 4.69) is 10.3 Å². The molecule has 0 amide bonds. The smallest absolute Gasteiger partial charge is 0.204 e. The van der Waals surface area contributed by atoms with Gasteiger partial charge in [-0.1, -0.05) is 48.7 Å². The first-order valence-electron chi connectivity index (χ1n) is 8.58. The number of hydrogen-bond acceptors (Lipinski definition) is 4. The summed E-state index contributed by atoms with van der Waals surface area (Å²) >= 11 is 18.4. The summed E-state index contributed by atoms with van der Waals surface area (Å²) in [4.78, 5) is 29.1. The molecular weight excluding hydrogens is 421 g/mol. The summed E-state index contributed by atoms with van der Waals surface area (Å²) in [6.45, 7) is 3.81. The maximum absolute atomic E-state index is 13.2. The molecule has 0 unspecified atom stereocenters. The fraction of sp³-hybridized carbons (Fsp3) is 0.200. The molecule has 1 heterocycles. The molecule has 5 nitrogen and oxygen atoms in total. The van der Waals surface area contributed by atoms with Crippen LogP contribution < -0.4 is 16.5 Å². The number of nitrogens with two attached hydrogens (primary N) is 1. The van der Waals surface area contributed by atoms with Gasteiger partial charge in [0.25, 0.3) is 0 Å². The molecule has 3 rings (SSSR count). The standard InChI is InChI=1S/C20H18Cl3N3O2/c1-9(2)7-15(27)17-19(28)16-13(24)5-4-11(22)18(16)26-20(17)25-14-6-3-10(21)8-12(14)23/h3-6,8-9H,7,24H2,1-2H3,(H2,25,26,28). The van der Waals surface area contributed by atoms with Gasteiger partial charge in [-0.2, -0.15) is 0 Å². The zero-order valence-corrected chi connectivity index (χ0v) is 17.5. The Balaban J connectivity index is 2.28. The van der Waals surface area contributed by atoms with Crippen LogP contribution in [0.4, 0.5) is 17.2 Å². The lowest BCUT2D eigenvalue weighted by molar-refractivity contribution is 0.0967. The van der Waals surface area contributed by atoms with Crippen molar-refractivity contribution < 1.29 is 4.79 Å². The number of ketones is 1. The summed E-state index contributed by atoms with van der Waals surface area (Å²) in [5.74, 6) is -0.0174. The second-order valence-corrected chi connectivity index (χ2v) is 8.11. The first-order valence-corrected chi connectivity index (χ1v) is 9.71. The van der Waals surface area contributed by atoms with Gasteiger partial charge in [0.15, 0.2) is 5.78 Å². The van der Waals surface area contributed by atoms with Crippen LogP contribution in [0.1, 0.15) is 30.6 Å². The SMILES string of the molecule is CC(C)CC(=O)c1c(Nc2ccc(Cl)cc2Cl)[nH]c2c(Cl)ccc(N)c2c1=O. The molecule has 0 bridgehead atoms. The zero-order valence-electron chi connectivity index (χ0n) is 15.2. The first-order chi connectivity index (χ1) is 13.2. The Morgan fingerprint density at radius 3 is 2.50 bits per heavy atom. The summed E-state index contributed by atoms with van der Waals surface area (Å²) in [7, 11) is 0. The van der Waals surface area contributed by atoms with Crippen molar-refractivity contribution in [3.05, 3.63) is 61.2 Å². The van der Waals surface area contributed by atoms with Gasteiger partial charge in [-0.05, 0) is 36.2 Å². The van der Waals surface area contributed by atoms with Crippen molar-refractivity contribution in [3.8, 4) is 0 Å². The number of fused-ring (bicyclic) bond motifs is 1. The number of Topliss-reactive ketones (excluding diaryl/α,β-unsaturated/α-hetero) is 1. The lowest BCUT2D eigenvalue weighted by Gasteiger charge is -2.16. The highest BCUT2D eigenvalue weighted by Gasteiger charge is 2.22. The molecule has 0 fully saturated rings. The molecule has 0 saturated carbocycles. The van der Waals surface area contributed by atoms with Crippen molar-refractivity contribution in [1.29, 1.82) is 0 Å².